The highest BCUT2D eigenvalue weighted by Gasteiger charge is 2.27. The maximum Gasteiger partial charge on any atom is 0.417 e. The van der Waals surface area contributed by atoms with Gasteiger partial charge in [0.2, 0.25) is 0 Å². The van der Waals surface area contributed by atoms with Crippen LogP contribution in [0.2, 0.25) is 0 Å². The molecule has 0 bridgehead atoms. The Balaban J connectivity index is 4.16. The van der Waals surface area contributed by atoms with Crippen LogP contribution in [0.25, 0.3) is 0 Å². The van der Waals surface area contributed by atoms with Crippen molar-refractivity contribution in [2.75, 3.05) is 0 Å². The normalized spacial score (nSPS) is 12.5. The van der Waals surface area contributed by atoms with Gasteiger partial charge in [-0.25, -0.2) is 4.79 Å². The highest BCUT2D eigenvalue weighted by molar-refractivity contribution is 14.1. The number of carbonyl (C=O) groups excluding carboxylic acids is 1. The average Bonchev–Trinajstić information content (AvgIpc) is 1.80. The summed E-state index contributed by atoms with van der Waals surface area (Å²) in [6.07, 6.45) is 0.529. The molecule has 0 unspecified atom stereocenters. The quantitative estimate of drug-likeness (QED) is 0.795. The molecule has 0 saturated carbocycles. The summed E-state index contributed by atoms with van der Waals surface area (Å²) in [7, 11) is 0. The lowest BCUT2D eigenvalue weighted by Crippen LogP contribution is -2.45. The van der Waals surface area contributed by atoms with Crippen molar-refractivity contribution in [3.63, 3.8) is 0 Å². The lowest BCUT2D eigenvalue weighted by molar-refractivity contribution is 0.188. The molecular formula is C9H18INO2. The monoisotopic (exact) mass is 299 g/mol. The molecule has 0 aliphatic carbocycles. The number of hydrogen-bond acceptors (Lipinski definition) is 2. The zero-order valence-corrected chi connectivity index (χ0v) is 11.1. The second-order valence-electron chi connectivity index (χ2n) is 5.11. The van der Waals surface area contributed by atoms with Crippen molar-refractivity contribution in [2.24, 2.45) is 5.41 Å². The Kier molecular flexibility index (Phi) is 4.48. The molecule has 0 aromatic rings. The van der Waals surface area contributed by atoms with Crippen LogP contribution in [0.4, 0.5) is 4.79 Å². The SMILES string of the molecule is CC(C)(C)CC(C)(C)NC(=O)OI. The lowest BCUT2D eigenvalue weighted by Gasteiger charge is -2.32. The van der Waals surface area contributed by atoms with E-state index in [0.29, 0.717) is 0 Å². The van der Waals surface area contributed by atoms with Crippen LogP contribution in [-0.4, -0.2) is 11.6 Å². The largest absolute Gasteiger partial charge is 0.417 e. The Labute approximate surface area is 94.3 Å². The highest BCUT2D eigenvalue weighted by Crippen LogP contribution is 2.26. The first kappa shape index (κ1) is 13.0. The van der Waals surface area contributed by atoms with Crippen LogP contribution in [-0.2, 0) is 3.07 Å². The van der Waals surface area contributed by atoms with Crippen LogP contribution in [0.5, 0.6) is 0 Å². The van der Waals surface area contributed by atoms with Crippen molar-refractivity contribution in [3.05, 3.63) is 0 Å². The molecule has 0 aliphatic heterocycles. The third kappa shape index (κ3) is 7.10. The number of carbonyl (C=O) groups is 1. The lowest BCUT2D eigenvalue weighted by atomic mass is 9.82. The van der Waals surface area contributed by atoms with E-state index >= 15 is 0 Å². The molecular weight excluding hydrogens is 281 g/mol. The fourth-order valence-electron chi connectivity index (χ4n) is 1.67. The molecule has 0 fully saturated rings. The summed E-state index contributed by atoms with van der Waals surface area (Å²) in [4.78, 5) is 11.0. The fourth-order valence-corrected chi connectivity index (χ4v) is 1.78. The zero-order chi connectivity index (χ0) is 10.7. The van der Waals surface area contributed by atoms with Crippen molar-refractivity contribution >= 4 is 29.1 Å². The molecule has 0 aromatic carbocycles. The minimum Gasteiger partial charge on any atom is -0.378 e. The van der Waals surface area contributed by atoms with Gasteiger partial charge in [0, 0.05) is 5.54 Å². The van der Waals surface area contributed by atoms with Crippen molar-refractivity contribution in [3.8, 4) is 0 Å². The van der Waals surface area contributed by atoms with Gasteiger partial charge in [0.1, 0.15) is 0 Å². The van der Waals surface area contributed by atoms with Gasteiger partial charge in [0.25, 0.3) is 0 Å². The Morgan fingerprint density at radius 2 is 1.77 bits per heavy atom. The molecule has 13 heavy (non-hydrogen) atoms. The van der Waals surface area contributed by atoms with Gasteiger partial charge in [-0.15, -0.1) is 0 Å². The zero-order valence-electron chi connectivity index (χ0n) is 8.90. The van der Waals surface area contributed by atoms with Crippen LogP contribution in [0.3, 0.4) is 0 Å². The first-order valence-electron chi connectivity index (χ1n) is 4.27. The topological polar surface area (TPSA) is 38.3 Å². The van der Waals surface area contributed by atoms with Gasteiger partial charge in [-0.1, -0.05) is 20.8 Å². The molecule has 0 aliphatic rings. The number of hydrogen-bond donors (Lipinski definition) is 1. The third-order valence-electron chi connectivity index (χ3n) is 1.48. The predicted molar refractivity (Wildman–Crippen MR) is 61.8 cm³/mol. The molecule has 3 nitrogen and oxygen atoms in total. The summed E-state index contributed by atoms with van der Waals surface area (Å²) in [6.45, 7) is 10.4. The second-order valence-corrected chi connectivity index (χ2v) is 5.55. The van der Waals surface area contributed by atoms with E-state index in [2.05, 4.69) is 29.2 Å². The summed E-state index contributed by atoms with van der Waals surface area (Å²) in [5, 5.41) is 2.79. The van der Waals surface area contributed by atoms with Gasteiger partial charge >= 0.3 is 6.09 Å². The van der Waals surface area contributed by atoms with E-state index in [4.69, 9.17) is 0 Å². The van der Waals surface area contributed by atoms with E-state index in [9.17, 15) is 4.79 Å². The van der Waals surface area contributed by atoms with Crippen molar-refractivity contribution < 1.29 is 7.86 Å². The van der Waals surface area contributed by atoms with E-state index in [-0.39, 0.29) is 17.0 Å². The van der Waals surface area contributed by atoms with Crippen molar-refractivity contribution in [1.82, 2.24) is 5.32 Å². The highest BCUT2D eigenvalue weighted by atomic mass is 127. The molecule has 0 spiro atoms. The molecule has 0 atom stereocenters. The van der Waals surface area contributed by atoms with E-state index in [1.54, 1.807) is 23.0 Å². The molecule has 0 rings (SSSR count). The Hall–Kier alpha value is 0. The van der Waals surface area contributed by atoms with Crippen LogP contribution >= 0.6 is 23.0 Å². The summed E-state index contributed by atoms with van der Waals surface area (Å²) < 4.78 is 4.52. The first-order valence-corrected chi connectivity index (χ1v) is 5.15. The summed E-state index contributed by atoms with van der Waals surface area (Å²) in [6, 6.07) is 0. The first-order chi connectivity index (χ1) is 5.66. The number of rotatable bonds is 2. The minimum absolute atomic E-state index is 0.196. The Morgan fingerprint density at radius 3 is 2.08 bits per heavy atom. The van der Waals surface area contributed by atoms with Gasteiger partial charge in [-0.05, 0) is 25.7 Å². The molecule has 0 radical (unpaired) electrons. The van der Waals surface area contributed by atoms with Gasteiger partial charge in [-0.2, -0.15) is 0 Å². The molecule has 0 aromatic heterocycles. The van der Waals surface area contributed by atoms with Crippen LogP contribution in [0, 0.1) is 5.41 Å². The predicted octanol–water partition coefficient (Wildman–Crippen LogP) is 3.28. The Morgan fingerprint density at radius 1 is 1.31 bits per heavy atom. The smallest absolute Gasteiger partial charge is 0.378 e. The molecule has 0 heterocycles. The fraction of sp³-hybridized carbons (Fsp3) is 0.889. The molecule has 1 N–H and O–H groups in total. The van der Waals surface area contributed by atoms with Crippen LogP contribution in [0.15, 0.2) is 0 Å². The minimum atomic E-state index is -0.380. The van der Waals surface area contributed by atoms with E-state index in [1.165, 1.54) is 0 Å². The number of halogens is 1. The van der Waals surface area contributed by atoms with Crippen LogP contribution < -0.4 is 5.32 Å². The summed E-state index contributed by atoms with van der Waals surface area (Å²) in [5.41, 5.74) is -0.0252. The second kappa shape index (κ2) is 4.48. The van der Waals surface area contributed by atoms with Crippen molar-refractivity contribution in [1.29, 1.82) is 0 Å². The van der Waals surface area contributed by atoms with E-state index in [1.807, 2.05) is 13.8 Å². The van der Waals surface area contributed by atoms with Crippen molar-refractivity contribution in [2.45, 2.75) is 46.6 Å². The number of nitrogens with one attached hydrogen (secondary N) is 1. The average molecular weight is 299 g/mol. The van der Waals surface area contributed by atoms with E-state index in [0.717, 1.165) is 6.42 Å². The van der Waals surface area contributed by atoms with Gasteiger partial charge in [0.05, 0.1) is 0 Å². The standard InChI is InChI=1S/C9H18INO2/c1-8(2,3)6-9(4,5)11-7(12)13-10/h6H2,1-5H3,(H,11,12). The molecule has 4 heteroatoms. The Bertz CT molecular complexity index is 185. The van der Waals surface area contributed by atoms with E-state index < -0.39 is 0 Å². The molecule has 1 amide bonds. The maximum absolute atomic E-state index is 11.0. The number of amides is 1. The van der Waals surface area contributed by atoms with Crippen LogP contribution in [0.1, 0.15) is 41.0 Å². The maximum atomic E-state index is 11.0. The molecule has 78 valence electrons. The third-order valence-corrected chi connectivity index (χ3v) is 1.88. The van der Waals surface area contributed by atoms with Gasteiger partial charge in [-0.3, -0.25) is 0 Å². The summed E-state index contributed by atoms with van der Waals surface area (Å²) in [5.74, 6) is 0. The molecule has 0 saturated heterocycles. The van der Waals surface area contributed by atoms with Gasteiger partial charge in [0.15, 0.2) is 23.0 Å². The van der Waals surface area contributed by atoms with Gasteiger partial charge < -0.3 is 8.38 Å². The summed E-state index contributed by atoms with van der Waals surface area (Å²) >= 11 is 1.58.